The molecule has 1 heterocycles. The van der Waals surface area contributed by atoms with Gasteiger partial charge in [0.25, 0.3) is 0 Å². The van der Waals surface area contributed by atoms with Gasteiger partial charge in [-0.2, -0.15) is 10.2 Å². The highest BCUT2D eigenvalue weighted by Crippen LogP contribution is 2.17. The highest BCUT2D eigenvalue weighted by atomic mass is 16.3. The summed E-state index contributed by atoms with van der Waals surface area (Å²) in [6.45, 7) is 0. The fraction of sp³-hybridized carbons (Fsp3) is 0.333. The summed E-state index contributed by atoms with van der Waals surface area (Å²) in [5.41, 5.74) is 0.474. The minimum atomic E-state index is -0.00319. The van der Waals surface area contributed by atoms with Crippen LogP contribution in [0.3, 0.4) is 0 Å². The van der Waals surface area contributed by atoms with Gasteiger partial charge in [0.2, 0.25) is 11.6 Å². The lowest BCUT2D eigenvalue weighted by atomic mass is 10.0. The molecule has 1 rings (SSSR count). The van der Waals surface area contributed by atoms with Crippen LogP contribution in [0.15, 0.2) is 5.18 Å². The van der Waals surface area contributed by atoms with Crippen LogP contribution in [0.4, 0.5) is 5.82 Å². The number of nitriles is 1. The van der Waals surface area contributed by atoms with Gasteiger partial charge < -0.3 is 4.57 Å². The Morgan fingerprint density at radius 2 is 2.50 bits per heavy atom. The molecule has 0 saturated heterocycles. The van der Waals surface area contributed by atoms with Crippen LogP contribution < -0.4 is 0 Å². The number of rotatable bonds is 2. The van der Waals surface area contributed by atoms with Gasteiger partial charge in [-0.3, -0.25) is 0 Å². The molecule has 0 saturated carbocycles. The third kappa shape index (κ3) is 1.09. The van der Waals surface area contributed by atoms with E-state index in [-0.39, 0.29) is 18.0 Å². The summed E-state index contributed by atoms with van der Waals surface area (Å²) in [4.78, 5) is 13.8. The van der Waals surface area contributed by atoms with Crippen LogP contribution in [-0.4, -0.2) is 17.4 Å². The Morgan fingerprint density at radius 3 is 2.83 bits per heavy atom. The van der Waals surface area contributed by atoms with Crippen molar-refractivity contribution in [2.45, 2.75) is 6.32 Å². The molecule has 0 bridgehead atoms. The molecule has 58 valence electrons. The maximum Gasteiger partial charge on any atom is 0.218 e. The first-order valence-electron chi connectivity index (χ1n) is 3.23. The minimum absolute atomic E-state index is 0.00319. The topological polar surface area (TPSA) is 71.0 Å². The summed E-state index contributed by atoms with van der Waals surface area (Å²) < 4.78 is 1.46. The van der Waals surface area contributed by atoms with E-state index >= 15 is 0 Å². The Labute approximate surface area is 70.4 Å². The molecule has 0 spiro atoms. The molecule has 1 aromatic heterocycles. The van der Waals surface area contributed by atoms with E-state index in [1.165, 1.54) is 4.57 Å². The quantitative estimate of drug-likeness (QED) is 0.463. The lowest BCUT2D eigenvalue weighted by molar-refractivity contribution is 0.846. The van der Waals surface area contributed by atoms with Crippen molar-refractivity contribution in [3.8, 4) is 6.07 Å². The molecule has 2 radical (unpaired) electrons. The van der Waals surface area contributed by atoms with E-state index in [9.17, 15) is 4.91 Å². The van der Waals surface area contributed by atoms with E-state index in [2.05, 4.69) is 10.2 Å². The second kappa shape index (κ2) is 3.18. The predicted octanol–water partition coefficient (Wildman–Crippen LogP) is 0.358. The van der Waals surface area contributed by atoms with Crippen LogP contribution >= 0.6 is 0 Å². The molecule has 0 amide bonds. The van der Waals surface area contributed by atoms with Gasteiger partial charge in [0.1, 0.15) is 6.07 Å². The Hall–Kier alpha value is -1.64. The summed E-state index contributed by atoms with van der Waals surface area (Å²) in [5.74, 6) is 0.140. The number of imidazole rings is 1. The molecule has 0 N–H and O–H groups in total. The molecule has 0 unspecified atom stereocenters. The fourth-order valence-electron chi connectivity index (χ4n) is 0.919. The predicted molar refractivity (Wildman–Crippen MR) is 42.8 cm³/mol. The average Bonchev–Trinajstić information content (AvgIpc) is 2.41. The van der Waals surface area contributed by atoms with Crippen molar-refractivity contribution < 1.29 is 0 Å². The van der Waals surface area contributed by atoms with Crippen molar-refractivity contribution in [3.05, 3.63) is 16.4 Å². The zero-order chi connectivity index (χ0) is 9.14. The van der Waals surface area contributed by atoms with Crippen LogP contribution in [0.25, 0.3) is 0 Å². The van der Waals surface area contributed by atoms with Crippen molar-refractivity contribution >= 4 is 13.7 Å². The van der Waals surface area contributed by atoms with Crippen LogP contribution in [0.2, 0.25) is 0 Å². The summed E-state index contributed by atoms with van der Waals surface area (Å²) in [6.07, 6.45) is 0.145. The monoisotopic (exact) mass is 160 g/mol. The second-order valence-electron chi connectivity index (χ2n) is 2.17. The third-order valence-corrected chi connectivity index (χ3v) is 1.57. The lowest BCUT2D eigenvalue weighted by Crippen LogP contribution is -1.98. The van der Waals surface area contributed by atoms with Gasteiger partial charge in [-0.05, 0) is 11.5 Å². The first kappa shape index (κ1) is 8.46. The third-order valence-electron chi connectivity index (χ3n) is 1.57. The van der Waals surface area contributed by atoms with Gasteiger partial charge >= 0.3 is 0 Å². The van der Waals surface area contributed by atoms with E-state index in [4.69, 9.17) is 13.1 Å². The van der Waals surface area contributed by atoms with Crippen molar-refractivity contribution in [2.75, 3.05) is 0 Å². The van der Waals surface area contributed by atoms with E-state index in [1.54, 1.807) is 7.05 Å². The van der Waals surface area contributed by atoms with Gasteiger partial charge in [0, 0.05) is 7.05 Å². The van der Waals surface area contributed by atoms with E-state index in [0.29, 0.717) is 5.69 Å². The lowest BCUT2D eigenvalue weighted by Gasteiger charge is -1.96. The zero-order valence-corrected chi connectivity index (χ0v) is 6.48. The van der Waals surface area contributed by atoms with Crippen LogP contribution in [0.1, 0.15) is 11.5 Å². The fourth-order valence-corrected chi connectivity index (χ4v) is 0.919. The molecule has 1 aromatic rings. The maximum atomic E-state index is 10.2. The first-order valence-corrected chi connectivity index (χ1v) is 3.23. The molecule has 0 aromatic carbocycles. The van der Waals surface area contributed by atoms with Crippen molar-refractivity contribution in [1.29, 1.82) is 5.26 Å². The van der Waals surface area contributed by atoms with Gasteiger partial charge in [0.15, 0.2) is 0 Å². The number of hydrogen-bond donors (Lipinski definition) is 0. The van der Waals surface area contributed by atoms with Crippen molar-refractivity contribution in [3.63, 3.8) is 0 Å². The van der Waals surface area contributed by atoms with Gasteiger partial charge in [0.05, 0.1) is 13.5 Å². The number of aromatic nitrogens is 2. The normalized spacial score (nSPS) is 9.33. The highest BCUT2D eigenvalue weighted by Gasteiger charge is 2.12. The maximum absolute atomic E-state index is 10.2. The molecule has 0 fully saturated rings. The van der Waals surface area contributed by atoms with Crippen LogP contribution in [0.5, 0.6) is 0 Å². The highest BCUT2D eigenvalue weighted by molar-refractivity contribution is 6.08. The summed E-state index contributed by atoms with van der Waals surface area (Å²) in [7, 11) is 6.94. The standard InChI is InChI=1S/C6H5BN4O/c1-11-4(2-7)6(10-12)9-5(11)3-8/h2H2,1H3. The number of nitroso groups, excluding NO2 is 1. The van der Waals surface area contributed by atoms with Crippen molar-refractivity contribution in [1.82, 2.24) is 9.55 Å². The first-order chi connectivity index (χ1) is 5.74. The van der Waals surface area contributed by atoms with E-state index in [1.807, 2.05) is 6.07 Å². The van der Waals surface area contributed by atoms with Crippen LogP contribution in [0, 0.1) is 16.2 Å². The van der Waals surface area contributed by atoms with Crippen LogP contribution in [-0.2, 0) is 13.4 Å². The molecule has 0 aliphatic carbocycles. The molecular formula is C6H5BN4O. The minimum Gasteiger partial charge on any atom is -0.321 e. The molecule has 6 heteroatoms. The summed E-state index contributed by atoms with van der Waals surface area (Å²) >= 11 is 0. The Bertz CT molecular complexity index is 351. The van der Waals surface area contributed by atoms with E-state index in [0.717, 1.165) is 0 Å². The van der Waals surface area contributed by atoms with Gasteiger partial charge in [-0.1, -0.05) is 0 Å². The molecule has 12 heavy (non-hydrogen) atoms. The molecule has 0 atom stereocenters. The Balaban J connectivity index is 3.34. The Kier molecular flexibility index (Phi) is 2.24. The number of hydrogen-bond acceptors (Lipinski definition) is 4. The van der Waals surface area contributed by atoms with Gasteiger partial charge in [-0.15, -0.1) is 4.91 Å². The summed E-state index contributed by atoms with van der Waals surface area (Å²) in [6, 6.07) is 1.82. The van der Waals surface area contributed by atoms with Crippen molar-refractivity contribution in [2.24, 2.45) is 12.2 Å². The molecule has 0 aliphatic heterocycles. The second-order valence-corrected chi connectivity index (χ2v) is 2.17. The smallest absolute Gasteiger partial charge is 0.218 e. The largest absolute Gasteiger partial charge is 0.321 e. The average molecular weight is 160 g/mol. The molecule has 0 aliphatic rings. The van der Waals surface area contributed by atoms with Gasteiger partial charge in [-0.25, -0.2) is 0 Å². The van der Waals surface area contributed by atoms with E-state index < -0.39 is 0 Å². The summed E-state index contributed by atoms with van der Waals surface area (Å²) in [5, 5.41) is 11.2. The SMILES string of the molecule is [B]Cc1c(N=O)nc(C#N)n1C. The number of nitrogens with zero attached hydrogens (tertiary/aromatic N) is 4. The Morgan fingerprint density at radius 1 is 1.83 bits per heavy atom. The molecule has 5 nitrogen and oxygen atoms in total. The zero-order valence-electron chi connectivity index (χ0n) is 6.48. The molecular weight excluding hydrogens is 155 g/mol.